The lowest BCUT2D eigenvalue weighted by molar-refractivity contribution is -0.142. The number of aliphatic imine (C=N–C) groups is 1. The maximum atomic E-state index is 10.9. The van der Waals surface area contributed by atoms with Gasteiger partial charge in [-0.1, -0.05) is 13.3 Å². The van der Waals surface area contributed by atoms with Crippen molar-refractivity contribution in [3.63, 3.8) is 0 Å². The van der Waals surface area contributed by atoms with E-state index in [-0.39, 0.29) is 12.4 Å². The molecule has 2 N–H and O–H groups in total. The standard InChI is InChI=1S/C8H16N2O2/c1-3-4-5-12-8(11)6-7(9)10-2/h3-6H2,1-2H3,(H2,9,10). The smallest absolute Gasteiger partial charge is 0.313 e. The first kappa shape index (κ1) is 10.9. The van der Waals surface area contributed by atoms with E-state index in [0.29, 0.717) is 12.4 Å². The van der Waals surface area contributed by atoms with Gasteiger partial charge < -0.3 is 10.5 Å². The molecule has 0 radical (unpaired) electrons. The maximum absolute atomic E-state index is 10.9. The first-order chi connectivity index (χ1) is 5.70. The number of ether oxygens (including phenoxy) is 1. The second-order valence-electron chi connectivity index (χ2n) is 2.47. The average molecular weight is 172 g/mol. The summed E-state index contributed by atoms with van der Waals surface area (Å²) in [6.07, 6.45) is 2.01. The SMILES string of the molecule is CCCCOC(=O)CC(N)=NC. The van der Waals surface area contributed by atoms with E-state index in [9.17, 15) is 4.79 Å². The van der Waals surface area contributed by atoms with Crippen LogP contribution >= 0.6 is 0 Å². The summed E-state index contributed by atoms with van der Waals surface area (Å²) in [6.45, 7) is 2.52. The van der Waals surface area contributed by atoms with E-state index < -0.39 is 0 Å². The van der Waals surface area contributed by atoms with Crippen molar-refractivity contribution in [1.82, 2.24) is 0 Å². The highest BCUT2D eigenvalue weighted by Crippen LogP contribution is 1.91. The number of rotatable bonds is 5. The molecule has 70 valence electrons. The summed E-state index contributed by atoms with van der Waals surface area (Å²) in [4.78, 5) is 14.6. The van der Waals surface area contributed by atoms with Crippen LogP contribution in [-0.2, 0) is 9.53 Å². The molecule has 0 saturated heterocycles. The monoisotopic (exact) mass is 172 g/mol. The van der Waals surface area contributed by atoms with Crippen molar-refractivity contribution in [2.24, 2.45) is 10.7 Å². The fourth-order valence-electron chi connectivity index (χ4n) is 0.608. The zero-order chi connectivity index (χ0) is 9.40. The van der Waals surface area contributed by atoms with Crippen LogP contribution in [0, 0.1) is 0 Å². The van der Waals surface area contributed by atoms with Gasteiger partial charge in [-0.05, 0) is 6.42 Å². The third-order valence-electron chi connectivity index (χ3n) is 1.37. The Morgan fingerprint density at radius 2 is 2.25 bits per heavy atom. The molecule has 0 saturated carbocycles. The minimum atomic E-state index is -0.299. The van der Waals surface area contributed by atoms with Crippen LogP contribution in [0.1, 0.15) is 26.2 Å². The van der Waals surface area contributed by atoms with Crippen molar-refractivity contribution < 1.29 is 9.53 Å². The topological polar surface area (TPSA) is 64.7 Å². The lowest BCUT2D eigenvalue weighted by Crippen LogP contribution is -2.18. The highest BCUT2D eigenvalue weighted by molar-refractivity contribution is 5.96. The predicted octanol–water partition coefficient (Wildman–Crippen LogP) is 0.707. The largest absolute Gasteiger partial charge is 0.465 e. The molecule has 0 aromatic rings. The number of nitrogens with two attached hydrogens (primary N) is 1. The number of unbranched alkanes of at least 4 members (excludes halogenated alkanes) is 1. The third-order valence-corrected chi connectivity index (χ3v) is 1.37. The summed E-state index contributed by atoms with van der Waals surface area (Å²) < 4.78 is 4.86. The average Bonchev–Trinajstić information content (AvgIpc) is 2.05. The fraction of sp³-hybridized carbons (Fsp3) is 0.750. The van der Waals surface area contributed by atoms with Gasteiger partial charge in [0, 0.05) is 7.05 Å². The van der Waals surface area contributed by atoms with Crippen LogP contribution in [0.3, 0.4) is 0 Å². The second kappa shape index (κ2) is 6.64. The highest BCUT2D eigenvalue weighted by Gasteiger charge is 2.03. The number of hydrogen-bond donors (Lipinski definition) is 1. The van der Waals surface area contributed by atoms with Crippen LogP contribution in [0.25, 0.3) is 0 Å². The molecule has 0 spiro atoms. The molecule has 0 unspecified atom stereocenters. The van der Waals surface area contributed by atoms with Gasteiger partial charge in [0.25, 0.3) is 0 Å². The van der Waals surface area contributed by atoms with E-state index in [1.165, 1.54) is 0 Å². The van der Waals surface area contributed by atoms with Gasteiger partial charge in [-0.25, -0.2) is 0 Å². The zero-order valence-corrected chi connectivity index (χ0v) is 7.67. The van der Waals surface area contributed by atoms with E-state index in [1.807, 2.05) is 6.92 Å². The van der Waals surface area contributed by atoms with Crippen molar-refractivity contribution in [2.45, 2.75) is 26.2 Å². The molecule has 0 aliphatic rings. The van der Waals surface area contributed by atoms with Gasteiger partial charge in [0.2, 0.25) is 0 Å². The first-order valence-electron chi connectivity index (χ1n) is 4.07. The molecule has 0 aliphatic heterocycles. The van der Waals surface area contributed by atoms with Crippen molar-refractivity contribution in [3.05, 3.63) is 0 Å². The summed E-state index contributed by atoms with van der Waals surface area (Å²) in [6, 6.07) is 0. The third kappa shape index (κ3) is 5.70. The lowest BCUT2D eigenvalue weighted by atomic mass is 10.3. The summed E-state index contributed by atoms with van der Waals surface area (Å²) in [5, 5.41) is 0. The van der Waals surface area contributed by atoms with Crippen molar-refractivity contribution >= 4 is 11.8 Å². The highest BCUT2D eigenvalue weighted by atomic mass is 16.5. The van der Waals surface area contributed by atoms with Gasteiger partial charge in [-0.3, -0.25) is 9.79 Å². The van der Waals surface area contributed by atoms with Crippen LogP contribution in [0.4, 0.5) is 0 Å². The minimum absolute atomic E-state index is 0.0974. The Balaban J connectivity index is 3.47. The van der Waals surface area contributed by atoms with Crippen LogP contribution in [0.2, 0.25) is 0 Å². The molecule has 0 rings (SSSR count). The van der Waals surface area contributed by atoms with Gasteiger partial charge in [0.1, 0.15) is 12.3 Å². The van der Waals surface area contributed by atoms with Crippen molar-refractivity contribution in [1.29, 1.82) is 0 Å². The van der Waals surface area contributed by atoms with Gasteiger partial charge >= 0.3 is 5.97 Å². The Labute approximate surface area is 72.8 Å². The number of esters is 1. The minimum Gasteiger partial charge on any atom is -0.465 e. The van der Waals surface area contributed by atoms with Gasteiger partial charge in [0.15, 0.2) is 0 Å². The van der Waals surface area contributed by atoms with Gasteiger partial charge in [-0.15, -0.1) is 0 Å². The molecule has 0 aliphatic carbocycles. The van der Waals surface area contributed by atoms with Crippen LogP contribution in [-0.4, -0.2) is 25.5 Å². The summed E-state index contributed by atoms with van der Waals surface area (Å²) in [7, 11) is 1.55. The first-order valence-corrected chi connectivity index (χ1v) is 4.07. The van der Waals surface area contributed by atoms with Gasteiger partial charge in [0.05, 0.1) is 6.61 Å². The number of carbonyl (C=O) groups is 1. The number of amidine groups is 1. The van der Waals surface area contributed by atoms with Gasteiger partial charge in [-0.2, -0.15) is 0 Å². The molecule has 4 heteroatoms. The lowest BCUT2D eigenvalue weighted by Gasteiger charge is -2.02. The Morgan fingerprint density at radius 3 is 2.75 bits per heavy atom. The fourth-order valence-corrected chi connectivity index (χ4v) is 0.608. The molecule has 12 heavy (non-hydrogen) atoms. The van der Waals surface area contributed by atoms with E-state index in [0.717, 1.165) is 12.8 Å². The van der Waals surface area contributed by atoms with Crippen molar-refractivity contribution in [2.75, 3.05) is 13.7 Å². The molecule has 0 aromatic heterocycles. The molecule has 0 fully saturated rings. The summed E-state index contributed by atoms with van der Waals surface area (Å²) in [5.41, 5.74) is 5.33. The Hall–Kier alpha value is -1.06. The van der Waals surface area contributed by atoms with Crippen LogP contribution < -0.4 is 5.73 Å². The number of nitrogens with zero attached hydrogens (tertiary/aromatic N) is 1. The summed E-state index contributed by atoms with van der Waals surface area (Å²) >= 11 is 0. The predicted molar refractivity (Wildman–Crippen MR) is 48.0 cm³/mol. The maximum Gasteiger partial charge on any atom is 0.313 e. The molecule has 0 atom stereocenters. The normalized spacial score (nSPS) is 11.3. The molecule has 0 aromatic carbocycles. The van der Waals surface area contributed by atoms with Crippen LogP contribution in [0.5, 0.6) is 0 Å². The van der Waals surface area contributed by atoms with E-state index in [2.05, 4.69) is 4.99 Å². The van der Waals surface area contributed by atoms with E-state index in [1.54, 1.807) is 7.05 Å². The molecule has 0 amide bonds. The quantitative estimate of drug-likeness (QED) is 0.287. The van der Waals surface area contributed by atoms with Crippen molar-refractivity contribution in [3.8, 4) is 0 Å². The molecular weight excluding hydrogens is 156 g/mol. The summed E-state index contributed by atoms with van der Waals surface area (Å²) in [5.74, 6) is 0.0167. The zero-order valence-electron chi connectivity index (χ0n) is 7.67. The molecular formula is C8H16N2O2. The molecule has 0 bridgehead atoms. The van der Waals surface area contributed by atoms with Crippen LogP contribution in [0.15, 0.2) is 4.99 Å². The Bertz CT molecular complexity index is 166. The number of carbonyl (C=O) groups excluding carboxylic acids is 1. The molecule has 4 nitrogen and oxygen atoms in total. The Morgan fingerprint density at radius 1 is 1.58 bits per heavy atom. The number of hydrogen-bond acceptors (Lipinski definition) is 3. The molecule has 0 heterocycles. The van der Waals surface area contributed by atoms with E-state index >= 15 is 0 Å². The second-order valence-corrected chi connectivity index (χ2v) is 2.47. The van der Waals surface area contributed by atoms with E-state index in [4.69, 9.17) is 10.5 Å². The Kier molecular flexibility index (Phi) is 6.05.